The van der Waals surface area contributed by atoms with Crippen molar-refractivity contribution < 1.29 is 13.9 Å². The highest BCUT2D eigenvalue weighted by Gasteiger charge is 2.11. The standard InChI is InChI=1S/C9H10O3.C2H5I/c1-3-11-9(10)7(2)8-5-4-6-12-8;1-2-3/h4-6H,2-3H2,1H3;2H2,1H3. The van der Waals surface area contributed by atoms with Crippen LogP contribution in [0.3, 0.4) is 0 Å². The van der Waals surface area contributed by atoms with Gasteiger partial charge in [0.25, 0.3) is 0 Å². The van der Waals surface area contributed by atoms with E-state index in [2.05, 4.69) is 36.1 Å². The lowest BCUT2D eigenvalue weighted by molar-refractivity contribution is -0.136. The number of halogens is 1. The van der Waals surface area contributed by atoms with E-state index in [1.54, 1.807) is 19.1 Å². The van der Waals surface area contributed by atoms with E-state index in [0.717, 1.165) is 0 Å². The van der Waals surface area contributed by atoms with Crippen molar-refractivity contribution >= 4 is 34.1 Å². The van der Waals surface area contributed by atoms with Crippen LogP contribution in [0.25, 0.3) is 5.57 Å². The summed E-state index contributed by atoms with van der Waals surface area (Å²) in [6.45, 7) is 7.75. The van der Waals surface area contributed by atoms with Gasteiger partial charge in [0.05, 0.1) is 18.4 Å². The van der Waals surface area contributed by atoms with E-state index >= 15 is 0 Å². The second-order valence-corrected chi connectivity index (χ2v) is 3.97. The second kappa shape index (κ2) is 8.52. The average Bonchev–Trinajstić information content (AvgIpc) is 2.71. The first-order valence-electron chi connectivity index (χ1n) is 4.63. The summed E-state index contributed by atoms with van der Waals surface area (Å²) in [5.74, 6) is 0.0147. The molecule has 15 heavy (non-hydrogen) atoms. The highest BCUT2D eigenvalue weighted by molar-refractivity contribution is 14.1. The van der Waals surface area contributed by atoms with Crippen LogP contribution in [0, 0.1) is 0 Å². The lowest BCUT2D eigenvalue weighted by atomic mass is 10.2. The van der Waals surface area contributed by atoms with E-state index in [4.69, 9.17) is 9.15 Å². The molecule has 0 aliphatic rings. The second-order valence-electron chi connectivity index (χ2n) is 2.44. The Kier molecular flexibility index (Phi) is 8.08. The molecular formula is C11H15IO3. The van der Waals surface area contributed by atoms with Gasteiger partial charge in [-0.15, -0.1) is 0 Å². The molecule has 1 rings (SSSR count). The Morgan fingerprint density at radius 2 is 2.20 bits per heavy atom. The fourth-order valence-electron chi connectivity index (χ4n) is 0.769. The minimum absolute atomic E-state index is 0.252. The van der Waals surface area contributed by atoms with E-state index in [0.29, 0.717) is 12.4 Å². The van der Waals surface area contributed by atoms with Gasteiger partial charge in [0.15, 0.2) is 0 Å². The predicted molar refractivity (Wildman–Crippen MR) is 68.9 cm³/mol. The van der Waals surface area contributed by atoms with E-state index < -0.39 is 5.97 Å². The third-order valence-corrected chi connectivity index (χ3v) is 1.34. The molecule has 3 nitrogen and oxygen atoms in total. The molecule has 0 radical (unpaired) electrons. The lowest BCUT2D eigenvalue weighted by Gasteiger charge is -2.00. The van der Waals surface area contributed by atoms with Crippen molar-refractivity contribution in [1.29, 1.82) is 0 Å². The Labute approximate surface area is 104 Å². The first-order chi connectivity index (χ1) is 7.17. The molecule has 0 saturated heterocycles. The molecule has 0 aromatic carbocycles. The zero-order chi connectivity index (χ0) is 11.7. The largest absolute Gasteiger partial charge is 0.464 e. The fourth-order valence-corrected chi connectivity index (χ4v) is 0.769. The van der Waals surface area contributed by atoms with Crippen LogP contribution in [0.1, 0.15) is 19.6 Å². The van der Waals surface area contributed by atoms with Gasteiger partial charge in [0.2, 0.25) is 0 Å². The molecule has 0 amide bonds. The highest BCUT2D eigenvalue weighted by Crippen LogP contribution is 2.13. The molecule has 0 aliphatic heterocycles. The molecule has 0 aliphatic carbocycles. The predicted octanol–water partition coefficient (Wildman–Crippen LogP) is 3.30. The Morgan fingerprint density at radius 3 is 2.60 bits per heavy atom. The molecule has 0 saturated carbocycles. The summed E-state index contributed by atoms with van der Waals surface area (Å²) in [4.78, 5) is 11.1. The van der Waals surface area contributed by atoms with Gasteiger partial charge >= 0.3 is 5.97 Å². The van der Waals surface area contributed by atoms with Crippen LogP contribution in [0.5, 0.6) is 0 Å². The first-order valence-corrected chi connectivity index (χ1v) is 6.15. The molecule has 0 bridgehead atoms. The number of esters is 1. The van der Waals surface area contributed by atoms with Crippen molar-refractivity contribution in [2.45, 2.75) is 13.8 Å². The zero-order valence-electron chi connectivity index (χ0n) is 8.96. The summed E-state index contributed by atoms with van der Waals surface area (Å²) >= 11 is 2.29. The molecule has 0 atom stereocenters. The van der Waals surface area contributed by atoms with Crippen molar-refractivity contribution in [3.05, 3.63) is 30.7 Å². The van der Waals surface area contributed by atoms with E-state index in [1.807, 2.05) is 0 Å². The van der Waals surface area contributed by atoms with E-state index in [-0.39, 0.29) is 5.57 Å². The molecule has 1 heterocycles. The van der Waals surface area contributed by atoms with Crippen molar-refractivity contribution in [3.8, 4) is 0 Å². The molecule has 1 aromatic rings. The SMILES string of the molecule is C=C(C(=O)OCC)c1ccco1.CCI. The summed E-state index contributed by atoms with van der Waals surface area (Å²) in [6, 6.07) is 3.36. The van der Waals surface area contributed by atoms with E-state index in [1.165, 1.54) is 10.7 Å². The van der Waals surface area contributed by atoms with Gasteiger partial charge in [-0.05, 0) is 23.5 Å². The van der Waals surface area contributed by atoms with Gasteiger partial charge in [-0.25, -0.2) is 4.79 Å². The molecular weight excluding hydrogens is 307 g/mol. The maximum absolute atomic E-state index is 11.1. The Bertz CT molecular complexity index is 291. The van der Waals surface area contributed by atoms with Gasteiger partial charge in [-0.2, -0.15) is 0 Å². The number of hydrogen-bond acceptors (Lipinski definition) is 3. The normalized spacial score (nSPS) is 8.73. The van der Waals surface area contributed by atoms with Crippen molar-refractivity contribution in [1.82, 2.24) is 0 Å². The number of ether oxygens (including phenoxy) is 1. The number of furan rings is 1. The molecule has 0 spiro atoms. The molecule has 0 N–H and O–H groups in total. The summed E-state index contributed by atoms with van der Waals surface area (Å²) in [5, 5.41) is 0. The van der Waals surface area contributed by atoms with Gasteiger partial charge < -0.3 is 9.15 Å². The molecule has 1 aromatic heterocycles. The summed E-state index contributed by atoms with van der Waals surface area (Å²) < 4.78 is 10.9. The third-order valence-electron chi connectivity index (χ3n) is 1.34. The molecule has 0 unspecified atom stereocenters. The van der Waals surface area contributed by atoms with Crippen LogP contribution in [-0.2, 0) is 9.53 Å². The maximum Gasteiger partial charge on any atom is 0.341 e. The minimum atomic E-state index is -0.438. The molecule has 84 valence electrons. The van der Waals surface area contributed by atoms with Crippen LogP contribution < -0.4 is 0 Å². The van der Waals surface area contributed by atoms with E-state index in [9.17, 15) is 4.79 Å². The van der Waals surface area contributed by atoms with Crippen LogP contribution in [-0.4, -0.2) is 17.0 Å². The average molecular weight is 322 g/mol. The van der Waals surface area contributed by atoms with Gasteiger partial charge in [-0.1, -0.05) is 36.1 Å². The quantitative estimate of drug-likeness (QED) is 0.371. The van der Waals surface area contributed by atoms with Crippen molar-refractivity contribution in [3.63, 3.8) is 0 Å². The number of rotatable bonds is 3. The van der Waals surface area contributed by atoms with Crippen molar-refractivity contribution in [2.24, 2.45) is 0 Å². The summed E-state index contributed by atoms with van der Waals surface area (Å²) in [5.41, 5.74) is 0.252. The number of carbonyl (C=O) groups excluding carboxylic acids is 1. The minimum Gasteiger partial charge on any atom is -0.464 e. The third kappa shape index (κ3) is 5.61. The van der Waals surface area contributed by atoms with Crippen LogP contribution in [0.15, 0.2) is 29.4 Å². The van der Waals surface area contributed by atoms with Crippen LogP contribution >= 0.6 is 22.6 Å². The summed E-state index contributed by atoms with van der Waals surface area (Å²) in [6.07, 6.45) is 1.49. The molecule has 0 fully saturated rings. The van der Waals surface area contributed by atoms with Gasteiger partial charge in [0.1, 0.15) is 5.76 Å². The number of hydrogen-bond donors (Lipinski definition) is 0. The number of carbonyl (C=O) groups is 1. The monoisotopic (exact) mass is 322 g/mol. The Hall–Kier alpha value is -0.780. The highest BCUT2D eigenvalue weighted by atomic mass is 127. The Morgan fingerprint density at radius 1 is 1.60 bits per heavy atom. The maximum atomic E-state index is 11.1. The summed E-state index contributed by atoms with van der Waals surface area (Å²) in [7, 11) is 0. The first kappa shape index (κ1) is 14.2. The van der Waals surface area contributed by atoms with Crippen LogP contribution in [0.2, 0.25) is 0 Å². The van der Waals surface area contributed by atoms with Crippen molar-refractivity contribution in [2.75, 3.05) is 11.0 Å². The number of alkyl halides is 1. The zero-order valence-corrected chi connectivity index (χ0v) is 11.1. The molecule has 4 heteroatoms. The fraction of sp³-hybridized carbons (Fsp3) is 0.364. The smallest absolute Gasteiger partial charge is 0.341 e. The van der Waals surface area contributed by atoms with Gasteiger partial charge in [0, 0.05) is 0 Å². The topological polar surface area (TPSA) is 39.4 Å². The lowest BCUT2D eigenvalue weighted by Crippen LogP contribution is -2.04. The Balaban J connectivity index is 0.000000583. The van der Waals surface area contributed by atoms with Gasteiger partial charge in [-0.3, -0.25) is 0 Å². The van der Waals surface area contributed by atoms with Crippen LogP contribution in [0.4, 0.5) is 0 Å².